The molecule has 2 atom stereocenters. The number of nitrogens with two attached hydrogens (primary N) is 1. The number of carbonyl (C=O) groups is 2. The van der Waals surface area contributed by atoms with Gasteiger partial charge in [-0.15, -0.1) is 24.8 Å². The van der Waals surface area contributed by atoms with Crippen LogP contribution in [0.3, 0.4) is 0 Å². The summed E-state index contributed by atoms with van der Waals surface area (Å²) in [6, 6.07) is 2.73. The fourth-order valence-corrected chi connectivity index (χ4v) is 6.49. The number of nitrogens with one attached hydrogen (secondary N) is 2. The molecule has 4 rings (SSSR count). The average Bonchev–Trinajstić information content (AvgIpc) is 2.87. The molecule has 0 fully saturated rings. The number of rotatable bonds is 7. The molecular weight excluding hydrogens is 579 g/mol. The summed E-state index contributed by atoms with van der Waals surface area (Å²) < 4.78 is 29.7. The predicted octanol–water partition coefficient (Wildman–Crippen LogP) is 1.71. The number of halogens is 2. The number of fused-ring (bicyclic) bond motifs is 1. The smallest absolute Gasteiger partial charge is 0.326 e. The molecule has 222 valence electrons. The molecule has 11 nitrogen and oxygen atoms in total. The van der Waals surface area contributed by atoms with Crippen molar-refractivity contribution < 1.29 is 23.1 Å². The molecule has 1 amide bonds. The Labute approximate surface area is 247 Å². The van der Waals surface area contributed by atoms with Crippen molar-refractivity contribution in [3.05, 3.63) is 52.6 Å². The van der Waals surface area contributed by atoms with E-state index in [1.807, 2.05) is 26.1 Å². The van der Waals surface area contributed by atoms with Gasteiger partial charge < -0.3 is 25.5 Å². The Morgan fingerprint density at radius 1 is 1.18 bits per heavy atom. The van der Waals surface area contributed by atoms with E-state index in [-0.39, 0.29) is 55.1 Å². The quantitative estimate of drug-likeness (QED) is 0.204. The predicted molar refractivity (Wildman–Crippen MR) is 157 cm³/mol. The van der Waals surface area contributed by atoms with Crippen LogP contribution in [0.5, 0.6) is 0 Å². The fourth-order valence-electron chi connectivity index (χ4n) is 5.25. The van der Waals surface area contributed by atoms with Crippen molar-refractivity contribution in [2.24, 2.45) is 5.73 Å². The lowest BCUT2D eigenvalue weighted by molar-refractivity contribution is -0.150. The van der Waals surface area contributed by atoms with E-state index >= 15 is 0 Å². The van der Waals surface area contributed by atoms with Gasteiger partial charge >= 0.3 is 5.97 Å². The summed E-state index contributed by atoms with van der Waals surface area (Å²) in [5.41, 5.74) is 9.32. The minimum atomic E-state index is -4.11. The molecule has 0 radical (unpaired) electrons. The number of carboxylic acids is 1. The van der Waals surface area contributed by atoms with Crippen molar-refractivity contribution in [3.63, 3.8) is 0 Å². The van der Waals surface area contributed by atoms with Gasteiger partial charge in [0.2, 0.25) is 15.9 Å². The number of sulfonamides is 1. The molecule has 0 saturated carbocycles. The molecule has 3 aliphatic rings. The first-order valence-corrected chi connectivity index (χ1v) is 14.2. The van der Waals surface area contributed by atoms with Gasteiger partial charge in [0.15, 0.2) is 5.96 Å². The van der Waals surface area contributed by atoms with Gasteiger partial charge in [0.1, 0.15) is 12.1 Å². The van der Waals surface area contributed by atoms with Crippen LogP contribution >= 0.6 is 24.8 Å². The maximum atomic E-state index is 13.8. The zero-order valence-corrected chi connectivity index (χ0v) is 25.1. The Kier molecular flexibility index (Phi) is 11.6. The Hall–Kier alpha value is -2.64. The van der Waals surface area contributed by atoms with Crippen LogP contribution < -0.4 is 10.5 Å². The molecule has 0 aliphatic carbocycles. The number of carboxylic acid groups (broad SMARTS) is 1. The van der Waals surface area contributed by atoms with Gasteiger partial charge in [-0.25, -0.2) is 13.2 Å². The molecular formula is C26H38Cl2N6O5S. The van der Waals surface area contributed by atoms with Gasteiger partial charge in [-0.1, -0.05) is 29.4 Å². The molecule has 40 heavy (non-hydrogen) atoms. The van der Waals surface area contributed by atoms with Crippen LogP contribution in [0, 0.1) is 5.41 Å². The van der Waals surface area contributed by atoms with E-state index in [1.54, 1.807) is 23.1 Å². The maximum absolute atomic E-state index is 13.8. The van der Waals surface area contributed by atoms with E-state index in [9.17, 15) is 23.1 Å². The van der Waals surface area contributed by atoms with Crippen molar-refractivity contribution in [3.8, 4) is 0 Å². The number of aliphatic carboxylic acids is 1. The van der Waals surface area contributed by atoms with E-state index in [4.69, 9.17) is 11.1 Å². The van der Waals surface area contributed by atoms with E-state index in [0.29, 0.717) is 26.1 Å². The number of benzene rings is 1. The van der Waals surface area contributed by atoms with E-state index < -0.39 is 34.0 Å². The summed E-state index contributed by atoms with van der Waals surface area (Å²) in [6.45, 7) is 4.29. The third-order valence-corrected chi connectivity index (χ3v) is 8.89. The second kappa shape index (κ2) is 13.8. The minimum Gasteiger partial charge on any atom is -0.480 e. The maximum Gasteiger partial charge on any atom is 0.326 e. The highest BCUT2D eigenvalue weighted by Crippen LogP contribution is 2.25. The molecule has 3 aliphatic heterocycles. The molecule has 5 N–H and O–H groups in total. The van der Waals surface area contributed by atoms with Gasteiger partial charge in [0, 0.05) is 32.7 Å². The first kappa shape index (κ1) is 33.6. The zero-order valence-electron chi connectivity index (χ0n) is 22.6. The number of carbonyl (C=O) groups excluding carboxylic acids is 1. The number of likely N-dealkylation sites (N-methyl/N-ethyl adjacent to an activating group) is 1. The minimum absolute atomic E-state index is 0. The first-order chi connectivity index (χ1) is 17.9. The van der Waals surface area contributed by atoms with Gasteiger partial charge in [-0.3, -0.25) is 10.2 Å². The lowest BCUT2D eigenvalue weighted by Crippen LogP contribution is -2.55. The molecule has 0 unspecified atom stereocenters. The van der Waals surface area contributed by atoms with Crippen LogP contribution in [0.1, 0.15) is 37.3 Å². The lowest BCUT2D eigenvalue weighted by atomic mass is 9.97. The molecule has 1 aromatic carbocycles. The fraction of sp³-hybridized carbons (Fsp3) is 0.500. The lowest BCUT2D eigenvalue weighted by Gasteiger charge is -2.35. The Morgan fingerprint density at radius 3 is 2.58 bits per heavy atom. The topological polar surface area (TPSA) is 160 Å². The summed E-state index contributed by atoms with van der Waals surface area (Å²) in [5.74, 6) is -1.82. The Balaban J connectivity index is 0.00000280. The number of nitrogens with zero attached hydrogens (tertiary/aromatic N) is 3. The molecule has 0 bridgehead atoms. The summed E-state index contributed by atoms with van der Waals surface area (Å²) in [6.07, 6.45) is 5.38. The zero-order chi connectivity index (χ0) is 27.6. The van der Waals surface area contributed by atoms with Crippen molar-refractivity contribution in [1.29, 1.82) is 5.41 Å². The van der Waals surface area contributed by atoms with Gasteiger partial charge in [0.25, 0.3) is 0 Å². The highest BCUT2D eigenvalue weighted by atomic mass is 35.5. The number of guanidine groups is 1. The molecule has 0 saturated heterocycles. The molecule has 0 spiro atoms. The summed E-state index contributed by atoms with van der Waals surface area (Å²) in [4.78, 5) is 30.8. The van der Waals surface area contributed by atoms with Gasteiger partial charge in [-0.2, -0.15) is 4.72 Å². The van der Waals surface area contributed by atoms with E-state index in [0.717, 1.165) is 35.2 Å². The highest BCUT2D eigenvalue weighted by Gasteiger charge is 2.38. The monoisotopic (exact) mass is 616 g/mol. The highest BCUT2D eigenvalue weighted by molar-refractivity contribution is 7.89. The van der Waals surface area contributed by atoms with Crippen LogP contribution in [-0.2, 0) is 32.6 Å². The third kappa shape index (κ3) is 7.76. The normalized spacial score (nSPS) is 20.2. The Bertz CT molecular complexity index is 1300. The van der Waals surface area contributed by atoms with Crippen LogP contribution in [-0.4, -0.2) is 91.4 Å². The van der Waals surface area contributed by atoms with Crippen molar-refractivity contribution in [2.45, 2.75) is 56.1 Å². The number of hydrogen-bond acceptors (Lipinski definition) is 6. The van der Waals surface area contributed by atoms with Crippen molar-refractivity contribution in [2.75, 3.05) is 33.2 Å². The summed E-state index contributed by atoms with van der Waals surface area (Å²) >= 11 is 0. The van der Waals surface area contributed by atoms with Crippen LogP contribution in [0.25, 0.3) is 0 Å². The largest absolute Gasteiger partial charge is 0.480 e. The average molecular weight is 618 g/mol. The second-order valence-electron chi connectivity index (χ2n) is 10.4. The second-order valence-corrected chi connectivity index (χ2v) is 12.1. The van der Waals surface area contributed by atoms with E-state index in [2.05, 4.69) is 9.62 Å². The van der Waals surface area contributed by atoms with E-state index in [1.165, 1.54) is 4.90 Å². The van der Waals surface area contributed by atoms with Crippen LogP contribution in [0.4, 0.5) is 0 Å². The summed E-state index contributed by atoms with van der Waals surface area (Å²) in [7, 11) is -2.13. The van der Waals surface area contributed by atoms with Gasteiger partial charge in [0.05, 0.1) is 4.90 Å². The standard InChI is InChI=1S/C26H36N6O5S.2ClH/c1-17-7-11-32(23(12-17)25(34)35)24(33)22(13-18-4-3-9-31(15-18)26(27)28)29-38(36,37)21-6-5-19-8-10-30(2)16-20(19)14-21;;/h4-7,14,22-23,29H,3,8-13,15-16H2,1-2H3,(H3,27,28)(H,34,35);2*1H/t22-,23+;;/m0../s1. The molecule has 14 heteroatoms. The van der Waals surface area contributed by atoms with Crippen molar-refractivity contribution in [1.82, 2.24) is 19.4 Å². The van der Waals surface area contributed by atoms with Crippen LogP contribution in [0.2, 0.25) is 0 Å². The molecule has 1 aromatic rings. The molecule has 0 aromatic heterocycles. The van der Waals surface area contributed by atoms with Gasteiger partial charge in [-0.05, 0) is 62.9 Å². The first-order valence-electron chi connectivity index (χ1n) is 12.7. The van der Waals surface area contributed by atoms with Crippen molar-refractivity contribution >= 4 is 52.7 Å². The summed E-state index contributed by atoms with van der Waals surface area (Å²) in [5, 5.41) is 17.6. The number of amides is 1. The molecule has 3 heterocycles. The Morgan fingerprint density at radius 2 is 1.90 bits per heavy atom. The SMILES string of the molecule is CC1=CCN(C(=O)[C@H](CC2=CCCN(C(=N)N)C2)NS(=O)(=O)c2ccc3c(c2)CN(C)CC3)[C@@H](C(=O)O)C1.Cl.Cl. The third-order valence-electron chi connectivity index (χ3n) is 7.42. The van der Waals surface area contributed by atoms with Crippen LogP contribution in [0.15, 0.2) is 46.4 Å². The number of hydrogen-bond donors (Lipinski definition) is 4.